The summed E-state index contributed by atoms with van der Waals surface area (Å²) in [6.07, 6.45) is 4.07. The van der Waals surface area contributed by atoms with Crippen molar-refractivity contribution in [1.29, 1.82) is 5.26 Å². The highest BCUT2D eigenvalue weighted by molar-refractivity contribution is 6.02. The van der Waals surface area contributed by atoms with Crippen molar-refractivity contribution >= 4 is 29.1 Å². The Hall–Kier alpha value is -3.47. The minimum absolute atomic E-state index is 0.114. The van der Waals surface area contributed by atoms with Crippen LogP contribution in [-0.4, -0.2) is 47.3 Å². The number of rotatable bonds is 5. The van der Waals surface area contributed by atoms with Gasteiger partial charge in [-0.25, -0.2) is 9.97 Å². The fourth-order valence-corrected chi connectivity index (χ4v) is 3.77. The Bertz CT molecular complexity index is 1010. The predicted molar refractivity (Wildman–Crippen MR) is 108 cm³/mol. The zero-order chi connectivity index (χ0) is 20.6. The van der Waals surface area contributed by atoms with Crippen molar-refractivity contribution in [2.24, 2.45) is 11.3 Å². The molecule has 4 rings (SSSR count). The van der Waals surface area contributed by atoms with Gasteiger partial charge < -0.3 is 15.1 Å². The van der Waals surface area contributed by atoms with Crippen LogP contribution in [0.5, 0.6) is 0 Å². The fourth-order valence-electron chi connectivity index (χ4n) is 3.77. The van der Waals surface area contributed by atoms with Gasteiger partial charge in [0.1, 0.15) is 22.7 Å². The van der Waals surface area contributed by atoms with E-state index in [1.165, 1.54) is 4.90 Å². The Morgan fingerprint density at radius 1 is 1.31 bits per heavy atom. The van der Waals surface area contributed by atoms with Crippen LogP contribution in [0.25, 0.3) is 0 Å². The van der Waals surface area contributed by atoms with Gasteiger partial charge in [0.25, 0.3) is 5.91 Å². The van der Waals surface area contributed by atoms with Crippen molar-refractivity contribution in [1.82, 2.24) is 14.9 Å². The number of nitrogens with one attached hydrogen (secondary N) is 1. The maximum absolute atomic E-state index is 13.0. The molecule has 0 aromatic carbocycles. The molecule has 2 aliphatic rings. The number of nitrogens with zero attached hydrogens (tertiary/aromatic N) is 5. The van der Waals surface area contributed by atoms with E-state index in [2.05, 4.69) is 21.4 Å². The number of amides is 2. The van der Waals surface area contributed by atoms with E-state index < -0.39 is 5.41 Å². The highest BCUT2D eigenvalue weighted by atomic mass is 16.2. The van der Waals surface area contributed by atoms with Gasteiger partial charge in [-0.3, -0.25) is 9.59 Å². The van der Waals surface area contributed by atoms with Crippen molar-refractivity contribution in [2.45, 2.75) is 19.3 Å². The molecule has 2 fully saturated rings. The topological polar surface area (TPSA) is 102 Å². The molecule has 148 valence electrons. The minimum atomic E-state index is -0.876. The maximum atomic E-state index is 13.0. The largest absolute Gasteiger partial charge is 0.343 e. The summed E-state index contributed by atoms with van der Waals surface area (Å²) in [6, 6.07) is 11.0. The monoisotopic (exact) mass is 390 g/mol. The molecule has 1 atom stereocenters. The van der Waals surface area contributed by atoms with E-state index in [4.69, 9.17) is 0 Å². The number of hydrogen-bond acceptors (Lipinski definition) is 6. The van der Waals surface area contributed by atoms with Crippen LogP contribution in [0.15, 0.2) is 36.5 Å². The summed E-state index contributed by atoms with van der Waals surface area (Å²) in [5.74, 6) is 0.880. The lowest BCUT2D eigenvalue weighted by molar-refractivity contribution is -0.123. The van der Waals surface area contributed by atoms with Gasteiger partial charge in [-0.05, 0) is 43.4 Å². The van der Waals surface area contributed by atoms with Crippen molar-refractivity contribution in [3.05, 3.63) is 42.2 Å². The molecule has 1 saturated heterocycles. The van der Waals surface area contributed by atoms with E-state index >= 15 is 0 Å². The fraction of sp³-hybridized carbons (Fsp3) is 0.381. The van der Waals surface area contributed by atoms with E-state index in [-0.39, 0.29) is 17.7 Å². The first kappa shape index (κ1) is 18.9. The van der Waals surface area contributed by atoms with Gasteiger partial charge in [0.15, 0.2) is 0 Å². The average Bonchev–Trinajstić information content (AvgIpc) is 3.52. The Morgan fingerprint density at radius 2 is 2.10 bits per heavy atom. The number of carbonyl (C=O) groups is 2. The lowest BCUT2D eigenvalue weighted by atomic mass is 9.83. The van der Waals surface area contributed by atoms with Crippen LogP contribution in [0.2, 0.25) is 0 Å². The number of nitriles is 1. The van der Waals surface area contributed by atoms with Crippen LogP contribution in [-0.2, 0) is 4.79 Å². The van der Waals surface area contributed by atoms with Crippen LogP contribution in [0.3, 0.4) is 0 Å². The lowest BCUT2D eigenvalue weighted by Crippen LogP contribution is -2.35. The highest BCUT2D eigenvalue weighted by Gasteiger charge is 2.56. The number of anilines is 3. The molecule has 1 saturated carbocycles. The third-order valence-electron chi connectivity index (χ3n) is 5.52. The van der Waals surface area contributed by atoms with Crippen molar-refractivity contribution in [3.8, 4) is 6.07 Å². The summed E-state index contributed by atoms with van der Waals surface area (Å²) < 4.78 is 0. The molecule has 0 bridgehead atoms. The SMILES string of the molecule is CN(C)C(=O)c1cccc(Nc2cc(N3CC[C@@](C#N)(C4CC4)C3=O)ccn2)n1. The molecule has 8 nitrogen and oxygen atoms in total. The summed E-state index contributed by atoms with van der Waals surface area (Å²) in [5.41, 5.74) is 0.152. The molecule has 2 aromatic heterocycles. The van der Waals surface area contributed by atoms with Gasteiger partial charge in [0, 0.05) is 38.6 Å². The summed E-state index contributed by atoms with van der Waals surface area (Å²) in [6.45, 7) is 0.525. The van der Waals surface area contributed by atoms with Gasteiger partial charge in [-0.2, -0.15) is 5.26 Å². The maximum Gasteiger partial charge on any atom is 0.272 e. The zero-order valence-electron chi connectivity index (χ0n) is 16.4. The molecule has 1 aliphatic carbocycles. The molecule has 29 heavy (non-hydrogen) atoms. The van der Waals surface area contributed by atoms with Crippen molar-refractivity contribution in [3.63, 3.8) is 0 Å². The second-order valence-electron chi connectivity index (χ2n) is 7.70. The number of aromatic nitrogens is 2. The van der Waals surface area contributed by atoms with Crippen LogP contribution in [0, 0.1) is 22.7 Å². The smallest absolute Gasteiger partial charge is 0.272 e. The number of pyridine rings is 2. The summed E-state index contributed by atoms with van der Waals surface area (Å²) in [4.78, 5) is 36.9. The molecule has 8 heteroatoms. The molecule has 2 aromatic rings. The molecule has 1 aliphatic heterocycles. The first-order chi connectivity index (χ1) is 13.9. The van der Waals surface area contributed by atoms with Gasteiger partial charge in [0.05, 0.1) is 6.07 Å². The van der Waals surface area contributed by atoms with E-state index in [1.807, 2.05) is 0 Å². The molecule has 1 N–H and O–H groups in total. The van der Waals surface area contributed by atoms with Gasteiger partial charge in [-0.15, -0.1) is 0 Å². The van der Waals surface area contributed by atoms with Crippen LogP contribution >= 0.6 is 0 Å². The summed E-state index contributed by atoms with van der Waals surface area (Å²) in [7, 11) is 3.34. The molecular formula is C21H22N6O2. The number of carbonyl (C=O) groups excluding carboxylic acids is 2. The molecule has 0 radical (unpaired) electrons. The summed E-state index contributed by atoms with van der Waals surface area (Å²) in [5, 5.41) is 12.8. The van der Waals surface area contributed by atoms with Gasteiger partial charge >= 0.3 is 0 Å². The highest BCUT2D eigenvalue weighted by Crippen LogP contribution is 2.51. The third-order valence-corrected chi connectivity index (χ3v) is 5.52. The zero-order valence-corrected chi connectivity index (χ0v) is 16.4. The van der Waals surface area contributed by atoms with E-state index in [0.717, 1.165) is 12.8 Å². The molecule has 2 amide bonds. The summed E-state index contributed by atoms with van der Waals surface area (Å²) >= 11 is 0. The normalized spacial score (nSPS) is 21.0. The van der Waals surface area contributed by atoms with Gasteiger partial charge in [0.2, 0.25) is 5.91 Å². The standard InChI is InChI=1S/C21H22N6O2/c1-26(2)19(28)16-4-3-5-17(24-16)25-18-12-15(8-10-23-18)27-11-9-21(13-22,20(27)29)14-6-7-14/h3-5,8,10,12,14H,6-7,9,11H2,1-2H3,(H,23,24,25)/t21-/m1/s1. The Labute approximate surface area is 169 Å². The Balaban J connectivity index is 1.55. The minimum Gasteiger partial charge on any atom is -0.343 e. The lowest BCUT2D eigenvalue weighted by Gasteiger charge is -2.21. The Morgan fingerprint density at radius 3 is 2.79 bits per heavy atom. The van der Waals surface area contributed by atoms with Gasteiger partial charge in [-0.1, -0.05) is 6.07 Å². The van der Waals surface area contributed by atoms with E-state index in [9.17, 15) is 14.9 Å². The second kappa shape index (κ2) is 7.17. The van der Waals surface area contributed by atoms with E-state index in [1.54, 1.807) is 55.5 Å². The number of hydrogen-bond donors (Lipinski definition) is 1. The predicted octanol–water partition coefficient (Wildman–Crippen LogP) is 2.58. The van der Waals surface area contributed by atoms with Crippen molar-refractivity contribution in [2.75, 3.05) is 30.9 Å². The van der Waals surface area contributed by atoms with Crippen LogP contribution in [0.1, 0.15) is 29.8 Å². The molecule has 0 spiro atoms. The first-order valence-electron chi connectivity index (χ1n) is 9.59. The van der Waals surface area contributed by atoms with Crippen LogP contribution < -0.4 is 10.2 Å². The quantitative estimate of drug-likeness (QED) is 0.842. The first-order valence-corrected chi connectivity index (χ1v) is 9.59. The van der Waals surface area contributed by atoms with E-state index in [0.29, 0.717) is 36.0 Å². The van der Waals surface area contributed by atoms with Crippen molar-refractivity contribution < 1.29 is 9.59 Å². The molecule has 3 heterocycles. The third kappa shape index (κ3) is 3.40. The molecular weight excluding hydrogens is 368 g/mol. The molecule has 0 unspecified atom stereocenters. The Kier molecular flexibility index (Phi) is 4.66. The second-order valence-corrected chi connectivity index (χ2v) is 7.70. The average molecular weight is 390 g/mol. The van der Waals surface area contributed by atoms with Crippen LogP contribution in [0.4, 0.5) is 17.3 Å².